The van der Waals surface area contributed by atoms with Crippen LogP contribution in [0.15, 0.2) is 59.5 Å². The molecule has 178 valence electrons. The first-order valence-electron chi connectivity index (χ1n) is 10.6. The molecule has 1 saturated heterocycles. The number of sulfone groups is 1. The maximum atomic E-state index is 13.0. The topological polar surface area (TPSA) is 104 Å². The summed E-state index contributed by atoms with van der Waals surface area (Å²) in [4.78, 5) is 23.1. The molecule has 11 heteroatoms. The highest BCUT2D eigenvalue weighted by molar-refractivity contribution is 7.91. The number of aromatic nitrogens is 2. The molecule has 0 saturated carbocycles. The number of hydrogen-bond acceptors (Lipinski definition) is 7. The van der Waals surface area contributed by atoms with Crippen molar-refractivity contribution in [1.82, 2.24) is 9.97 Å². The highest BCUT2D eigenvalue weighted by Gasteiger charge is 2.30. The molecule has 34 heavy (non-hydrogen) atoms. The van der Waals surface area contributed by atoms with Gasteiger partial charge in [0.15, 0.2) is 0 Å². The third kappa shape index (κ3) is 5.14. The summed E-state index contributed by atoms with van der Waals surface area (Å²) in [7, 11) is -4.92. The minimum absolute atomic E-state index is 0.351. The second-order valence-electron chi connectivity index (χ2n) is 7.85. The van der Waals surface area contributed by atoms with Gasteiger partial charge in [-0.3, -0.25) is 4.79 Å². The molecule has 1 fully saturated rings. The Balaban J connectivity index is 1.48. The molecule has 2 aromatic carbocycles. The van der Waals surface area contributed by atoms with Gasteiger partial charge in [0.2, 0.25) is 15.8 Å². The SMILES string of the molecule is Cc1cc(Nc2ccc(NC(=O)c3ccccc3S(=O)(=O)C(F)F)cc2)nc(N2CCCC2)n1. The maximum absolute atomic E-state index is 13.0. The van der Waals surface area contributed by atoms with Crippen LogP contribution in [0.25, 0.3) is 0 Å². The van der Waals surface area contributed by atoms with E-state index in [0.717, 1.165) is 37.7 Å². The highest BCUT2D eigenvalue weighted by atomic mass is 32.2. The van der Waals surface area contributed by atoms with Crippen LogP contribution >= 0.6 is 0 Å². The van der Waals surface area contributed by atoms with Gasteiger partial charge in [0, 0.05) is 36.2 Å². The van der Waals surface area contributed by atoms with E-state index >= 15 is 0 Å². The summed E-state index contributed by atoms with van der Waals surface area (Å²) in [5, 5.41) is 5.76. The number of amides is 1. The van der Waals surface area contributed by atoms with Gasteiger partial charge >= 0.3 is 5.76 Å². The second kappa shape index (κ2) is 9.72. The van der Waals surface area contributed by atoms with Crippen LogP contribution in [-0.4, -0.2) is 43.1 Å². The minimum atomic E-state index is -4.92. The first-order chi connectivity index (χ1) is 16.2. The lowest BCUT2D eigenvalue weighted by atomic mass is 10.2. The Kier molecular flexibility index (Phi) is 6.73. The number of aryl methyl sites for hydroxylation is 1. The van der Waals surface area contributed by atoms with Crippen molar-refractivity contribution in [2.75, 3.05) is 28.6 Å². The predicted molar refractivity (Wildman–Crippen MR) is 126 cm³/mol. The third-order valence-electron chi connectivity index (χ3n) is 5.32. The van der Waals surface area contributed by atoms with Crippen LogP contribution in [0.2, 0.25) is 0 Å². The summed E-state index contributed by atoms with van der Waals surface area (Å²) in [6.45, 7) is 3.76. The van der Waals surface area contributed by atoms with Gasteiger partial charge in [-0.25, -0.2) is 13.4 Å². The highest BCUT2D eigenvalue weighted by Crippen LogP contribution is 2.25. The van der Waals surface area contributed by atoms with Gasteiger partial charge in [0.05, 0.1) is 10.5 Å². The van der Waals surface area contributed by atoms with Crippen molar-refractivity contribution in [2.24, 2.45) is 0 Å². The molecule has 0 radical (unpaired) electrons. The number of anilines is 4. The smallest absolute Gasteiger partial charge is 0.341 e. The molecule has 0 atom stereocenters. The van der Waals surface area contributed by atoms with E-state index in [1.165, 1.54) is 18.2 Å². The number of carbonyl (C=O) groups is 1. The van der Waals surface area contributed by atoms with E-state index in [-0.39, 0.29) is 5.56 Å². The quantitative estimate of drug-likeness (QED) is 0.510. The normalized spacial score (nSPS) is 13.8. The molecule has 1 aliphatic rings. The lowest BCUT2D eigenvalue weighted by Crippen LogP contribution is -2.21. The molecule has 1 amide bonds. The zero-order chi connectivity index (χ0) is 24.3. The van der Waals surface area contributed by atoms with Gasteiger partial charge in [0.1, 0.15) is 5.82 Å². The van der Waals surface area contributed by atoms with Crippen molar-refractivity contribution in [3.63, 3.8) is 0 Å². The van der Waals surface area contributed by atoms with Crippen LogP contribution in [0.5, 0.6) is 0 Å². The molecule has 4 rings (SSSR count). The molecule has 1 aromatic heterocycles. The molecule has 1 aliphatic heterocycles. The second-order valence-corrected chi connectivity index (χ2v) is 9.73. The Hall–Kier alpha value is -3.60. The molecule has 3 aromatic rings. The molecular weight excluding hydrogens is 464 g/mol. The number of rotatable bonds is 7. The summed E-state index contributed by atoms with van der Waals surface area (Å²) in [5.41, 5.74) is 1.57. The molecular formula is C23H23F2N5O3S. The van der Waals surface area contributed by atoms with Gasteiger partial charge in [0.25, 0.3) is 5.91 Å². The standard InChI is InChI=1S/C23H23F2N5O3S/c1-15-14-20(29-23(26-15)30-12-4-5-13-30)27-16-8-10-17(11-9-16)28-21(31)18-6-2-3-7-19(18)34(32,33)22(24)25/h2-3,6-11,14,22H,4-5,12-13H2,1H3,(H,28,31)(H,26,27,29). The van der Waals surface area contributed by atoms with Gasteiger partial charge < -0.3 is 15.5 Å². The van der Waals surface area contributed by atoms with Crippen LogP contribution in [-0.2, 0) is 9.84 Å². The summed E-state index contributed by atoms with van der Waals surface area (Å²) < 4.78 is 49.8. The molecule has 2 N–H and O–H groups in total. The number of halogens is 2. The van der Waals surface area contributed by atoms with E-state index < -0.39 is 26.4 Å². The number of nitrogens with one attached hydrogen (secondary N) is 2. The Morgan fingerprint density at radius 3 is 2.32 bits per heavy atom. The first-order valence-corrected chi connectivity index (χ1v) is 12.2. The molecule has 0 bridgehead atoms. The maximum Gasteiger partial charge on any atom is 0.341 e. The van der Waals surface area contributed by atoms with Crippen LogP contribution in [0.4, 0.5) is 31.9 Å². The molecule has 0 spiro atoms. The molecule has 0 aliphatic carbocycles. The largest absolute Gasteiger partial charge is 0.341 e. The summed E-state index contributed by atoms with van der Waals surface area (Å²) in [5.74, 6) is -3.11. The van der Waals surface area contributed by atoms with Gasteiger partial charge in [-0.05, 0) is 56.2 Å². The fourth-order valence-electron chi connectivity index (χ4n) is 3.66. The van der Waals surface area contributed by atoms with E-state index in [9.17, 15) is 22.0 Å². The third-order valence-corrected chi connectivity index (χ3v) is 6.76. The predicted octanol–water partition coefficient (Wildman–Crippen LogP) is 4.38. The van der Waals surface area contributed by atoms with Gasteiger partial charge in [-0.15, -0.1) is 0 Å². The first kappa shape index (κ1) is 23.6. The molecule has 8 nitrogen and oxygen atoms in total. The minimum Gasteiger partial charge on any atom is -0.341 e. The van der Waals surface area contributed by atoms with Crippen LogP contribution in [0, 0.1) is 6.92 Å². The number of hydrogen-bond donors (Lipinski definition) is 2. The molecule has 2 heterocycles. The van der Waals surface area contributed by atoms with Crippen molar-refractivity contribution >= 4 is 38.9 Å². The average molecular weight is 488 g/mol. The van der Waals surface area contributed by atoms with Crippen molar-refractivity contribution in [1.29, 1.82) is 0 Å². The van der Waals surface area contributed by atoms with E-state index in [1.807, 2.05) is 13.0 Å². The number of benzene rings is 2. The number of carbonyl (C=O) groups excluding carboxylic acids is 1. The van der Waals surface area contributed by atoms with Gasteiger partial charge in [-0.1, -0.05) is 12.1 Å². The van der Waals surface area contributed by atoms with Crippen LogP contribution in [0.1, 0.15) is 28.9 Å². The monoisotopic (exact) mass is 487 g/mol. The van der Waals surface area contributed by atoms with Crippen LogP contribution < -0.4 is 15.5 Å². The zero-order valence-electron chi connectivity index (χ0n) is 18.3. The average Bonchev–Trinajstić information content (AvgIpc) is 3.35. The van der Waals surface area contributed by atoms with Crippen molar-refractivity contribution < 1.29 is 22.0 Å². The van der Waals surface area contributed by atoms with E-state index in [2.05, 4.69) is 25.5 Å². The lowest BCUT2D eigenvalue weighted by Gasteiger charge is -2.17. The van der Waals surface area contributed by atoms with E-state index in [1.54, 1.807) is 24.3 Å². The summed E-state index contributed by atoms with van der Waals surface area (Å²) in [6, 6.07) is 13.4. The van der Waals surface area contributed by atoms with Crippen molar-refractivity contribution in [3.8, 4) is 0 Å². The van der Waals surface area contributed by atoms with Gasteiger partial charge in [-0.2, -0.15) is 13.8 Å². The van der Waals surface area contributed by atoms with Crippen LogP contribution in [0.3, 0.4) is 0 Å². The number of alkyl halides is 2. The van der Waals surface area contributed by atoms with E-state index in [0.29, 0.717) is 23.1 Å². The van der Waals surface area contributed by atoms with E-state index in [4.69, 9.17) is 0 Å². The zero-order valence-corrected chi connectivity index (χ0v) is 19.1. The van der Waals surface area contributed by atoms with Crippen molar-refractivity contribution in [3.05, 3.63) is 65.9 Å². The summed E-state index contributed by atoms with van der Waals surface area (Å²) in [6.07, 6.45) is 2.23. The Labute approximate surface area is 196 Å². The molecule has 0 unspecified atom stereocenters. The summed E-state index contributed by atoms with van der Waals surface area (Å²) >= 11 is 0. The fraction of sp³-hybridized carbons (Fsp3) is 0.261. The fourth-order valence-corrected chi connectivity index (χ4v) is 4.58. The van der Waals surface area contributed by atoms with Crippen molar-refractivity contribution in [2.45, 2.75) is 30.4 Å². The lowest BCUT2D eigenvalue weighted by molar-refractivity contribution is 0.102. The Morgan fingerprint density at radius 1 is 1.00 bits per heavy atom. The number of nitrogens with zero attached hydrogens (tertiary/aromatic N) is 3. The Bertz CT molecular complexity index is 1290. The Morgan fingerprint density at radius 2 is 1.65 bits per heavy atom.